The molecule has 3 rings (SSSR count). The van der Waals surface area contributed by atoms with Crippen LogP contribution >= 0.6 is 24.0 Å². The summed E-state index contributed by atoms with van der Waals surface area (Å²) in [5.41, 5.74) is 3.83. The van der Waals surface area contributed by atoms with Crippen molar-refractivity contribution in [3.8, 4) is 0 Å². The molecule has 0 radical (unpaired) electrons. The van der Waals surface area contributed by atoms with Crippen LogP contribution in [0.2, 0.25) is 0 Å². The molecule has 26 heavy (non-hydrogen) atoms. The number of aliphatic hydroxyl groups is 1. The summed E-state index contributed by atoms with van der Waals surface area (Å²) in [6.45, 7) is 5.86. The normalized spacial score (nSPS) is 20.7. The standard InChI is InChI=1S/C20H30N4O.HI/c1-3-21-20(24-16-7-9-17(25)10-8-16)22-12-11-15-13-23-18-6-4-5-14(2)19(15)18;/h4-6,13,16-17,23,25H,3,7-12H2,1-2H3,(H2,21,22,24);1H. The highest BCUT2D eigenvalue weighted by Crippen LogP contribution is 2.22. The number of rotatable bonds is 5. The Labute approximate surface area is 173 Å². The van der Waals surface area contributed by atoms with Crippen molar-refractivity contribution in [2.24, 2.45) is 4.99 Å². The van der Waals surface area contributed by atoms with Gasteiger partial charge in [0.05, 0.1) is 6.10 Å². The molecule has 4 N–H and O–H groups in total. The van der Waals surface area contributed by atoms with Crippen molar-refractivity contribution < 1.29 is 5.11 Å². The first-order valence-electron chi connectivity index (χ1n) is 9.46. The molecule has 1 aliphatic rings. The maximum atomic E-state index is 9.64. The lowest BCUT2D eigenvalue weighted by Gasteiger charge is -2.27. The summed E-state index contributed by atoms with van der Waals surface area (Å²) in [5, 5.41) is 17.8. The maximum absolute atomic E-state index is 9.64. The van der Waals surface area contributed by atoms with Crippen molar-refractivity contribution in [2.45, 2.75) is 58.1 Å². The molecule has 144 valence electrons. The van der Waals surface area contributed by atoms with E-state index in [1.54, 1.807) is 0 Å². The third-order valence-corrected chi connectivity index (χ3v) is 5.03. The highest BCUT2D eigenvalue weighted by molar-refractivity contribution is 14.0. The number of guanidine groups is 1. The number of aliphatic imine (C=N–C) groups is 1. The SMILES string of the molecule is CCNC(=NCCc1c[nH]c2cccc(C)c12)NC1CCC(O)CC1.I. The van der Waals surface area contributed by atoms with Crippen molar-refractivity contribution >= 4 is 40.8 Å². The van der Waals surface area contributed by atoms with Crippen LogP contribution in [0.4, 0.5) is 0 Å². The van der Waals surface area contributed by atoms with Gasteiger partial charge in [0.2, 0.25) is 0 Å². The van der Waals surface area contributed by atoms with E-state index in [9.17, 15) is 5.11 Å². The minimum absolute atomic E-state index is 0. The minimum atomic E-state index is -0.123. The molecule has 0 atom stereocenters. The topological polar surface area (TPSA) is 72.4 Å². The molecule has 2 aromatic rings. The number of H-pyrrole nitrogens is 1. The molecule has 0 spiro atoms. The average Bonchev–Trinajstić information content (AvgIpc) is 3.02. The van der Waals surface area contributed by atoms with Crippen LogP contribution in [0.25, 0.3) is 10.9 Å². The van der Waals surface area contributed by atoms with Crippen LogP contribution in [0.15, 0.2) is 29.4 Å². The van der Waals surface area contributed by atoms with E-state index in [-0.39, 0.29) is 30.1 Å². The number of fused-ring (bicyclic) bond motifs is 1. The fraction of sp³-hybridized carbons (Fsp3) is 0.550. The van der Waals surface area contributed by atoms with Crippen LogP contribution in [0, 0.1) is 6.92 Å². The van der Waals surface area contributed by atoms with Crippen molar-refractivity contribution in [1.82, 2.24) is 15.6 Å². The Morgan fingerprint density at radius 2 is 2.04 bits per heavy atom. The number of aromatic nitrogens is 1. The Balaban J connectivity index is 0.00000243. The van der Waals surface area contributed by atoms with E-state index < -0.39 is 0 Å². The van der Waals surface area contributed by atoms with Gasteiger partial charge in [-0.25, -0.2) is 0 Å². The third-order valence-electron chi connectivity index (χ3n) is 5.03. The highest BCUT2D eigenvalue weighted by atomic mass is 127. The molecule has 1 aromatic carbocycles. The molecule has 0 unspecified atom stereocenters. The molecule has 1 heterocycles. The number of halogens is 1. The molecular weight excluding hydrogens is 439 g/mol. The van der Waals surface area contributed by atoms with Gasteiger partial charge in [-0.1, -0.05) is 12.1 Å². The Morgan fingerprint density at radius 3 is 2.77 bits per heavy atom. The van der Waals surface area contributed by atoms with Crippen LogP contribution in [0.1, 0.15) is 43.7 Å². The molecule has 0 aliphatic heterocycles. The number of nitrogens with zero attached hydrogens (tertiary/aromatic N) is 1. The summed E-state index contributed by atoms with van der Waals surface area (Å²) < 4.78 is 0. The number of aromatic amines is 1. The fourth-order valence-electron chi connectivity index (χ4n) is 3.67. The van der Waals surface area contributed by atoms with Gasteiger partial charge in [-0.15, -0.1) is 24.0 Å². The molecular formula is C20H31IN4O. The number of hydrogen-bond donors (Lipinski definition) is 4. The van der Waals surface area contributed by atoms with Crippen molar-refractivity contribution in [3.05, 3.63) is 35.5 Å². The van der Waals surface area contributed by atoms with Crippen LogP contribution in [-0.4, -0.2) is 41.3 Å². The van der Waals surface area contributed by atoms with Crippen LogP contribution in [0.3, 0.4) is 0 Å². The summed E-state index contributed by atoms with van der Waals surface area (Å²) in [6, 6.07) is 6.78. The molecule has 5 nitrogen and oxygen atoms in total. The molecule has 0 saturated heterocycles. The fourth-order valence-corrected chi connectivity index (χ4v) is 3.67. The van der Waals surface area contributed by atoms with E-state index in [4.69, 9.17) is 4.99 Å². The third kappa shape index (κ3) is 5.36. The molecule has 1 aliphatic carbocycles. The largest absolute Gasteiger partial charge is 0.393 e. The quantitative estimate of drug-likeness (QED) is 0.307. The maximum Gasteiger partial charge on any atom is 0.191 e. The number of hydrogen-bond acceptors (Lipinski definition) is 2. The second kappa shape index (κ2) is 10.2. The Morgan fingerprint density at radius 1 is 1.27 bits per heavy atom. The van der Waals surface area contributed by atoms with E-state index in [1.165, 1.54) is 22.0 Å². The predicted molar refractivity (Wildman–Crippen MR) is 120 cm³/mol. The van der Waals surface area contributed by atoms with Gasteiger partial charge >= 0.3 is 0 Å². The Bertz CT molecular complexity index is 720. The van der Waals surface area contributed by atoms with Gasteiger partial charge in [-0.3, -0.25) is 4.99 Å². The van der Waals surface area contributed by atoms with Crippen molar-refractivity contribution in [1.29, 1.82) is 0 Å². The molecule has 0 amide bonds. The number of benzene rings is 1. The second-order valence-electron chi connectivity index (χ2n) is 6.97. The Kier molecular flexibility index (Phi) is 8.21. The number of nitrogens with one attached hydrogen (secondary N) is 3. The zero-order valence-electron chi connectivity index (χ0n) is 15.7. The van der Waals surface area contributed by atoms with Gasteiger partial charge in [0, 0.05) is 36.2 Å². The second-order valence-corrected chi connectivity index (χ2v) is 6.97. The van der Waals surface area contributed by atoms with E-state index in [0.717, 1.165) is 51.2 Å². The summed E-state index contributed by atoms with van der Waals surface area (Å²) >= 11 is 0. The average molecular weight is 470 g/mol. The Hall–Kier alpha value is -1.28. The molecule has 6 heteroatoms. The highest BCUT2D eigenvalue weighted by Gasteiger charge is 2.19. The lowest BCUT2D eigenvalue weighted by molar-refractivity contribution is 0.120. The van der Waals surface area contributed by atoms with E-state index in [0.29, 0.717) is 6.04 Å². The van der Waals surface area contributed by atoms with Gasteiger partial charge in [0.15, 0.2) is 5.96 Å². The monoisotopic (exact) mass is 470 g/mol. The van der Waals surface area contributed by atoms with Gasteiger partial charge in [-0.05, 0) is 63.1 Å². The zero-order valence-corrected chi connectivity index (χ0v) is 18.0. The van der Waals surface area contributed by atoms with Crippen LogP contribution in [-0.2, 0) is 6.42 Å². The van der Waals surface area contributed by atoms with Crippen molar-refractivity contribution in [2.75, 3.05) is 13.1 Å². The number of aryl methyl sites for hydroxylation is 1. The summed E-state index contributed by atoms with van der Waals surface area (Å²) in [4.78, 5) is 8.11. The van der Waals surface area contributed by atoms with E-state index in [1.807, 2.05) is 0 Å². The molecule has 1 aromatic heterocycles. The minimum Gasteiger partial charge on any atom is -0.393 e. The summed E-state index contributed by atoms with van der Waals surface area (Å²) in [5.74, 6) is 0.889. The first-order chi connectivity index (χ1) is 12.2. The van der Waals surface area contributed by atoms with Gasteiger partial charge in [0.25, 0.3) is 0 Å². The lowest BCUT2D eigenvalue weighted by atomic mass is 9.93. The molecule has 1 saturated carbocycles. The number of aliphatic hydroxyl groups excluding tert-OH is 1. The zero-order chi connectivity index (χ0) is 17.6. The smallest absolute Gasteiger partial charge is 0.191 e. The van der Waals surface area contributed by atoms with Crippen LogP contribution in [0.5, 0.6) is 0 Å². The van der Waals surface area contributed by atoms with E-state index in [2.05, 4.69) is 53.9 Å². The van der Waals surface area contributed by atoms with E-state index >= 15 is 0 Å². The van der Waals surface area contributed by atoms with Gasteiger partial charge < -0.3 is 20.7 Å². The van der Waals surface area contributed by atoms with Gasteiger partial charge in [-0.2, -0.15) is 0 Å². The first kappa shape index (κ1) is 21.0. The summed E-state index contributed by atoms with van der Waals surface area (Å²) in [6.07, 6.45) is 6.68. The summed E-state index contributed by atoms with van der Waals surface area (Å²) in [7, 11) is 0. The molecule has 0 bridgehead atoms. The van der Waals surface area contributed by atoms with Crippen LogP contribution < -0.4 is 10.6 Å². The predicted octanol–water partition coefficient (Wildman–Crippen LogP) is 3.50. The first-order valence-corrected chi connectivity index (χ1v) is 9.46. The van der Waals surface area contributed by atoms with Crippen molar-refractivity contribution in [3.63, 3.8) is 0 Å². The van der Waals surface area contributed by atoms with Gasteiger partial charge in [0.1, 0.15) is 0 Å². The molecule has 1 fully saturated rings. The lowest BCUT2D eigenvalue weighted by Crippen LogP contribution is -2.45.